The predicted octanol–water partition coefficient (Wildman–Crippen LogP) is 3.67. The van der Waals surface area contributed by atoms with Crippen LogP contribution in [0.25, 0.3) is 16.6 Å². The summed E-state index contributed by atoms with van der Waals surface area (Å²) in [5, 5.41) is 0. The van der Waals surface area contributed by atoms with Crippen LogP contribution < -0.4 is 10.5 Å². The number of nitrogen functional groups attached to an aromatic ring is 1. The first-order chi connectivity index (χ1) is 15.7. The summed E-state index contributed by atoms with van der Waals surface area (Å²) in [7, 11) is 1.56. The zero-order chi connectivity index (χ0) is 23.5. The number of nitrogens with two attached hydrogens (primary N) is 1. The van der Waals surface area contributed by atoms with Crippen LogP contribution in [0, 0.1) is 12.3 Å². The molecule has 5 rings (SSSR count). The van der Waals surface area contributed by atoms with Gasteiger partial charge in [-0.15, -0.1) is 6.42 Å². The van der Waals surface area contributed by atoms with Crippen LogP contribution in [0.2, 0.25) is 0 Å². The molecular formula is C23H16F3N5O2. The summed E-state index contributed by atoms with van der Waals surface area (Å²) < 4.78 is 46.3. The monoisotopic (exact) mass is 451 g/mol. The van der Waals surface area contributed by atoms with Gasteiger partial charge in [-0.25, -0.2) is 9.97 Å². The van der Waals surface area contributed by atoms with Gasteiger partial charge in [-0.2, -0.15) is 13.2 Å². The first-order valence-corrected chi connectivity index (χ1v) is 9.82. The fourth-order valence-electron chi connectivity index (χ4n) is 4.04. The lowest BCUT2D eigenvalue weighted by Gasteiger charge is -2.24. The van der Waals surface area contributed by atoms with Crippen molar-refractivity contribution in [1.29, 1.82) is 0 Å². The zero-order valence-corrected chi connectivity index (χ0v) is 17.2. The molecule has 1 atom stereocenters. The maximum absolute atomic E-state index is 13.5. The molecule has 0 fully saturated rings. The number of hydrogen-bond acceptors (Lipinski definition) is 5. The van der Waals surface area contributed by atoms with Crippen molar-refractivity contribution in [3.05, 3.63) is 65.1 Å². The number of carbonyl (C=O) groups is 1. The van der Waals surface area contributed by atoms with E-state index in [1.807, 2.05) is 0 Å². The maximum atomic E-state index is 13.5. The van der Waals surface area contributed by atoms with Crippen molar-refractivity contribution in [2.75, 3.05) is 19.4 Å². The first kappa shape index (κ1) is 20.6. The normalized spacial score (nSPS) is 15.3. The Labute approximate surface area is 185 Å². The molecule has 0 radical (unpaired) electrons. The molecule has 0 bridgehead atoms. The Morgan fingerprint density at radius 1 is 1.30 bits per heavy atom. The van der Waals surface area contributed by atoms with Crippen molar-refractivity contribution in [2.24, 2.45) is 0 Å². The van der Waals surface area contributed by atoms with E-state index in [0.717, 1.165) is 12.1 Å². The van der Waals surface area contributed by atoms with Gasteiger partial charge in [-0.3, -0.25) is 9.20 Å². The standard InChI is InChI=1S/C23H16F3N5O2/c1-3-12-6-16-17(31-11-28-9-18(31)21(27)29-16)8-15(12)22(32)30(2)19-10-33-20-7-13(23(24,25)26)4-5-14(19)20/h1,4-9,11,19H,10H2,2H3,(H2,27,29)/t19-/m1/s1. The van der Waals surface area contributed by atoms with E-state index in [-0.39, 0.29) is 23.7 Å². The van der Waals surface area contributed by atoms with Crippen LogP contribution in [0.15, 0.2) is 42.9 Å². The van der Waals surface area contributed by atoms with Crippen LogP contribution in [0.3, 0.4) is 0 Å². The minimum Gasteiger partial charge on any atom is -0.491 e. The highest BCUT2D eigenvalue weighted by molar-refractivity contribution is 6.01. The van der Waals surface area contributed by atoms with E-state index in [2.05, 4.69) is 15.9 Å². The zero-order valence-electron chi connectivity index (χ0n) is 17.2. The van der Waals surface area contributed by atoms with Gasteiger partial charge in [0, 0.05) is 18.2 Å². The number of terminal acetylenes is 1. The van der Waals surface area contributed by atoms with E-state index in [1.54, 1.807) is 36.1 Å². The lowest BCUT2D eigenvalue weighted by Crippen LogP contribution is -2.32. The molecule has 2 aromatic carbocycles. The average Bonchev–Trinajstić information content (AvgIpc) is 3.44. The molecule has 0 spiro atoms. The number of anilines is 1. The van der Waals surface area contributed by atoms with Crippen LogP contribution >= 0.6 is 0 Å². The number of hydrogen-bond donors (Lipinski definition) is 1. The highest BCUT2D eigenvalue weighted by Crippen LogP contribution is 2.40. The van der Waals surface area contributed by atoms with Crippen molar-refractivity contribution in [3.8, 4) is 18.1 Å². The Hall–Kier alpha value is -4.26. The Bertz CT molecular complexity index is 1490. The number of alkyl halides is 3. The average molecular weight is 451 g/mol. The van der Waals surface area contributed by atoms with E-state index >= 15 is 0 Å². The lowest BCUT2D eigenvalue weighted by atomic mass is 10.0. The van der Waals surface area contributed by atoms with Crippen molar-refractivity contribution in [3.63, 3.8) is 0 Å². The lowest BCUT2D eigenvalue weighted by molar-refractivity contribution is -0.137. The fourth-order valence-corrected chi connectivity index (χ4v) is 4.04. The molecule has 4 aromatic rings. The number of amides is 1. The topological polar surface area (TPSA) is 85.8 Å². The predicted molar refractivity (Wildman–Crippen MR) is 115 cm³/mol. The Morgan fingerprint density at radius 2 is 2.09 bits per heavy atom. The second kappa shape index (κ2) is 7.13. The minimum atomic E-state index is -4.49. The molecule has 1 amide bonds. The van der Waals surface area contributed by atoms with E-state index in [9.17, 15) is 18.0 Å². The summed E-state index contributed by atoms with van der Waals surface area (Å²) in [6.07, 6.45) is 4.30. The second-order valence-electron chi connectivity index (χ2n) is 7.67. The van der Waals surface area contributed by atoms with Crippen LogP contribution in [0.4, 0.5) is 19.0 Å². The summed E-state index contributed by atoms with van der Waals surface area (Å²) in [6.45, 7) is 0.0295. The number of likely N-dealkylation sites (N-methyl/N-ethyl adjacent to an activating group) is 1. The molecule has 0 unspecified atom stereocenters. The van der Waals surface area contributed by atoms with Crippen LogP contribution in [-0.4, -0.2) is 38.8 Å². The molecule has 0 saturated heterocycles. The van der Waals surface area contributed by atoms with Gasteiger partial charge < -0.3 is 15.4 Å². The first-order valence-electron chi connectivity index (χ1n) is 9.82. The molecule has 10 heteroatoms. The van der Waals surface area contributed by atoms with Crippen molar-refractivity contribution < 1.29 is 22.7 Å². The van der Waals surface area contributed by atoms with E-state index in [4.69, 9.17) is 16.9 Å². The SMILES string of the molecule is C#Cc1cc2nc(N)c3cncn3c2cc1C(=O)N(C)[C@@H]1COc2cc(C(F)(F)F)ccc21. The van der Waals surface area contributed by atoms with E-state index in [0.29, 0.717) is 27.7 Å². The Balaban J connectivity index is 1.56. The van der Waals surface area contributed by atoms with Crippen LogP contribution in [0.5, 0.6) is 5.75 Å². The highest BCUT2D eigenvalue weighted by atomic mass is 19.4. The molecule has 2 aromatic heterocycles. The molecule has 1 aliphatic heterocycles. The number of imidazole rings is 1. The number of carbonyl (C=O) groups excluding carboxylic acids is 1. The number of ether oxygens (including phenoxy) is 1. The highest BCUT2D eigenvalue weighted by Gasteiger charge is 2.36. The molecule has 1 aliphatic rings. The van der Waals surface area contributed by atoms with Crippen molar-refractivity contribution >= 4 is 28.3 Å². The molecule has 166 valence electrons. The smallest absolute Gasteiger partial charge is 0.416 e. The number of halogens is 3. The minimum absolute atomic E-state index is 0.0295. The number of fused-ring (bicyclic) bond motifs is 4. The Morgan fingerprint density at radius 3 is 2.82 bits per heavy atom. The van der Waals surface area contributed by atoms with Crippen molar-refractivity contribution in [2.45, 2.75) is 12.2 Å². The van der Waals surface area contributed by atoms with Gasteiger partial charge in [0.2, 0.25) is 0 Å². The fraction of sp³-hybridized carbons (Fsp3) is 0.174. The third-order valence-corrected chi connectivity index (χ3v) is 5.79. The largest absolute Gasteiger partial charge is 0.491 e. The molecular weight excluding hydrogens is 435 g/mol. The molecule has 0 aliphatic carbocycles. The quantitative estimate of drug-likeness (QED) is 0.470. The van der Waals surface area contributed by atoms with E-state index < -0.39 is 23.7 Å². The van der Waals surface area contributed by atoms with Gasteiger partial charge >= 0.3 is 6.18 Å². The number of benzene rings is 2. The third kappa shape index (κ3) is 3.20. The second-order valence-corrected chi connectivity index (χ2v) is 7.67. The summed E-state index contributed by atoms with van der Waals surface area (Å²) in [5.74, 6) is 2.48. The van der Waals surface area contributed by atoms with Crippen molar-refractivity contribution in [1.82, 2.24) is 19.3 Å². The molecule has 0 saturated carbocycles. The molecule has 2 N–H and O–H groups in total. The van der Waals surface area contributed by atoms with Crippen LogP contribution in [0.1, 0.15) is 33.1 Å². The summed E-state index contributed by atoms with van der Waals surface area (Å²) in [5.41, 5.74) is 7.91. The molecule has 7 nitrogen and oxygen atoms in total. The number of rotatable bonds is 2. The summed E-state index contributed by atoms with van der Waals surface area (Å²) in [4.78, 5) is 23.3. The number of nitrogens with zero attached hydrogens (tertiary/aromatic N) is 4. The van der Waals surface area contributed by atoms with Gasteiger partial charge in [0.05, 0.1) is 40.7 Å². The third-order valence-electron chi connectivity index (χ3n) is 5.79. The molecule has 33 heavy (non-hydrogen) atoms. The van der Waals surface area contributed by atoms with Gasteiger partial charge in [-0.1, -0.05) is 12.0 Å². The summed E-state index contributed by atoms with van der Waals surface area (Å²) in [6, 6.07) is 5.91. The van der Waals surface area contributed by atoms with Gasteiger partial charge in [0.25, 0.3) is 5.91 Å². The van der Waals surface area contributed by atoms with Crippen LogP contribution in [-0.2, 0) is 6.18 Å². The van der Waals surface area contributed by atoms with Gasteiger partial charge in [0.1, 0.15) is 23.7 Å². The Kier molecular flexibility index (Phi) is 4.46. The van der Waals surface area contributed by atoms with Gasteiger partial charge in [0.15, 0.2) is 0 Å². The maximum Gasteiger partial charge on any atom is 0.416 e. The van der Waals surface area contributed by atoms with E-state index in [1.165, 1.54) is 11.0 Å². The number of aromatic nitrogens is 3. The van der Waals surface area contributed by atoms with Gasteiger partial charge in [-0.05, 0) is 24.3 Å². The summed E-state index contributed by atoms with van der Waals surface area (Å²) >= 11 is 0. The molecule has 3 heterocycles.